The molecular formula is C11H16ClNOS. The second-order valence-corrected chi connectivity index (χ2v) is 5.72. The van der Waals surface area contributed by atoms with Gasteiger partial charge in [0.05, 0.1) is 16.5 Å². The van der Waals surface area contributed by atoms with Crippen LogP contribution in [0.4, 0.5) is 0 Å². The Morgan fingerprint density at radius 2 is 2.40 bits per heavy atom. The van der Waals surface area contributed by atoms with Crippen LogP contribution in [-0.4, -0.2) is 12.7 Å². The number of aryl methyl sites for hydroxylation is 1. The van der Waals surface area contributed by atoms with Crippen LogP contribution in [0.25, 0.3) is 0 Å². The summed E-state index contributed by atoms with van der Waals surface area (Å²) in [5, 5.41) is 0. The van der Waals surface area contributed by atoms with Crippen molar-refractivity contribution >= 4 is 22.9 Å². The van der Waals surface area contributed by atoms with Crippen LogP contribution < -0.4 is 5.73 Å². The maximum atomic E-state index is 6.18. The fourth-order valence-corrected chi connectivity index (χ4v) is 3.15. The minimum atomic E-state index is -0.0125. The summed E-state index contributed by atoms with van der Waals surface area (Å²) < 4.78 is 6.53. The van der Waals surface area contributed by atoms with E-state index < -0.39 is 0 Å². The van der Waals surface area contributed by atoms with Gasteiger partial charge in [-0.3, -0.25) is 0 Å². The monoisotopic (exact) mass is 245 g/mol. The van der Waals surface area contributed by atoms with Gasteiger partial charge in [0.1, 0.15) is 0 Å². The predicted molar refractivity (Wildman–Crippen MR) is 64.6 cm³/mol. The van der Waals surface area contributed by atoms with Gasteiger partial charge in [-0.1, -0.05) is 11.6 Å². The molecule has 1 aromatic rings. The number of nitrogens with two attached hydrogens (primary N) is 1. The lowest BCUT2D eigenvalue weighted by molar-refractivity contribution is 0.000666. The van der Waals surface area contributed by atoms with E-state index in [-0.39, 0.29) is 12.1 Å². The third kappa shape index (κ3) is 2.53. The lowest BCUT2D eigenvalue weighted by atomic mass is 10.0. The van der Waals surface area contributed by atoms with Crippen molar-refractivity contribution in [3.05, 3.63) is 20.8 Å². The van der Waals surface area contributed by atoms with Crippen LogP contribution in [0.3, 0.4) is 0 Å². The lowest BCUT2D eigenvalue weighted by Crippen LogP contribution is -2.31. The van der Waals surface area contributed by atoms with Gasteiger partial charge in [0.2, 0.25) is 0 Å². The van der Waals surface area contributed by atoms with Crippen LogP contribution >= 0.6 is 22.9 Å². The number of hydrogen-bond acceptors (Lipinski definition) is 3. The van der Waals surface area contributed by atoms with Crippen molar-refractivity contribution in [1.82, 2.24) is 0 Å². The summed E-state index contributed by atoms with van der Waals surface area (Å²) in [7, 11) is 0. The minimum Gasteiger partial charge on any atom is -0.376 e. The topological polar surface area (TPSA) is 35.2 Å². The van der Waals surface area contributed by atoms with E-state index in [1.165, 1.54) is 6.42 Å². The van der Waals surface area contributed by atoms with Gasteiger partial charge in [-0.15, -0.1) is 11.3 Å². The normalized spacial score (nSPS) is 24.1. The SMILES string of the molecule is Cc1cc(C(N)C2CCCCO2)sc1Cl. The van der Waals surface area contributed by atoms with Gasteiger partial charge in [0.25, 0.3) is 0 Å². The van der Waals surface area contributed by atoms with Crippen LogP contribution in [0.1, 0.15) is 35.7 Å². The Morgan fingerprint density at radius 1 is 1.60 bits per heavy atom. The molecule has 0 radical (unpaired) electrons. The van der Waals surface area contributed by atoms with E-state index in [4.69, 9.17) is 22.1 Å². The van der Waals surface area contributed by atoms with Crippen molar-refractivity contribution in [2.75, 3.05) is 6.61 Å². The maximum absolute atomic E-state index is 6.18. The predicted octanol–water partition coefficient (Wildman–Crippen LogP) is 3.28. The minimum absolute atomic E-state index is 0.0125. The zero-order chi connectivity index (χ0) is 10.8. The molecule has 2 unspecified atom stereocenters. The molecule has 0 bridgehead atoms. The van der Waals surface area contributed by atoms with E-state index in [0.29, 0.717) is 0 Å². The highest BCUT2D eigenvalue weighted by Gasteiger charge is 2.24. The van der Waals surface area contributed by atoms with Gasteiger partial charge >= 0.3 is 0 Å². The van der Waals surface area contributed by atoms with Crippen molar-refractivity contribution < 1.29 is 4.74 Å². The molecule has 0 aromatic carbocycles. The van der Waals surface area contributed by atoms with E-state index in [9.17, 15) is 0 Å². The Bertz CT molecular complexity index is 314. The molecule has 1 fully saturated rings. The first-order valence-electron chi connectivity index (χ1n) is 5.31. The summed E-state index contributed by atoms with van der Waals surface area (Å²) in [6.07, 6.45) is 3.62. The standard InChI is InChI=1S/C11H16ClNOS/c1-7-6-9(15-11(7)12)10(13)8-4-2-3-5-14-8/h6,8,10H,2-5,13H2,1H3. The Balaban J connectivity index is 2.08. The number of hydrogen-bond donors (Lipinski definition) is 1. The van der Waals surface area contributed by atoms with E-state index in [1.807, 2.05) is 6.92 Å². The van der Waals surface area contributed by atoms with Crippen molar-refractivity contribution in [3.8, 4) is 0 Å². The highest BCUT2D eigenvalue weighted by Crippen LogP contribution is 2.33. The average Bonchev–Trinajstić information content (AvgIpc) is 2.59. The lowest BCUT2D eigenvalue weighted by Gasteiger charge is -2.27. The molecule has 84 valence electrons. The fourth-order valence-electron chi connectivity index (χ4n) is 1.88. The Labute approximate surface area is 99.4 Å². The smallest absolute Gasteiger partial charge is 0.0960 e. The molecule has 2 nitrogen and oxygen atoms in total. The van der Waals surface area contributed by atoms with Crippen LogP contribution in [0.15, 0.2) is 6.07 Å². The quantitative estimate of drug-likeness (QED) is 0.868. The third-order valence-electron chi connectivity index (χ3n) is 2.82. The number of rotatable bonds is 2. The molecule has 1 aliphatic rings. The van der Waals surface area contributed by atoms with Gasteiger partial charge in [-0.05, 0) is 37.8 Å². The van der Waals surface area contributed by atoms with Gasteiger partial charge in [-0.25, -0.2) is 0 Å². The summed E-state index contributed by atoms with van der Waals surface area (Å²) >= 11 is 7.61. The molecule has 0 saturated carbocycles. The van der Waals surface area contributed by atoms with Crippen molar-refractivity contribution in [3.63, 3.8) is 0 Å². The summed E-state index contributed by atoms with van der Waals surface area (Å²) in [4.78, 5) is 1.14. The zero-order valence-corrected chi connectivity index (χ0v) is 10.4. The van der Waals surface area contributed by atoms with Crippen LogP contribution in [0.5, 0.6) is 0 Å². The van der Waals surface area contributed by atoms with Crippen LogP contribution in [0, 0.1) is 6.92 Å². The van der Waals surface area contributed by atoms with E-state index in [0.717, 1.165) is 34.2 Å². The van der Waals surface area contributed by atoms with Gasteiger partial charge in [0.15, 0.2) is 0 Å². The van der Waals surface area contributed by atoms with Crippen molar-refractivity contribution in [1.29, 1.82) is 0 Å². The second-order valence-electron chi connectivity index (χ2n) is 4.04. The Hall–Kier alpha value is -0.0900. The Morgan fingerprint density at radius 3 is 2.93 bits per heavy atom. The largest absolute Gasteiger partial charge is 0.376 e. The molecule has 1 aromatic heterocycles. The molecule has 0 aliphatic carbocycles. The maximum Gasteiger partial charge on any atom is 0.0960 e. The summed E-state index contributed by atoms with van der Waals surface area (Å²) in [6, 6.07) is 2.07. The molecule has 0 spiro atoms. The number of thiophene rings is 1. The van der Waals surface area contributed by atoms with E-state index >= 15 is 0 Å². The molecule has 1 aliphatic heterocycles. The first-order valence-corrected chi connectivity index (χ1v) is 6.51. The van der Waals surface area contributed by atoms with Gasteiger partial charge in [-0.2, -0.15) is 0 Å². The molecule has 15 heavy (non-hydrogen) atoms. The summed E-state index contributed by atoms with van der Waals surface area (Å²) in [5.41, 5.74) is 7.29. The second kappa shape index (κ2) is 4.83. The highest BCUT2D eigenvalue weighted by molar-refractivity contribution is 7.16. The van der Waals surface area contributed by atoms with E-state index in [2.05, 4.69) is 6.07 Å². The van der Waals surface area contributed by atoms with Gasteiger partial charge < -0.3 is 10.5 Å². The van der Waals surface area contributed by atoms with Gasteiger partial charge in [0, 0.05) is 11.5 Å². The molecular weight excluding hydrogens is 230 g/mol. The molecule has 2 N–H and O–H groups in total. The average molecular weight is 246 g/mol. The summed E-state index contributed by atoms with van der Waals surface area (Å²) in [5.74, 6) is 0. The molecule has 2 atom stereocenters. The molecule has 0 amide bonds. The van der Waals surface area contributed by atoms with Crippen molar-refractivity contribution in [2.45, 2.75) is 38.3 Å². The van der Waals surface area contributed by atoms with Crippen LogP contribution in [0.2, 0.25) is 4.34 Å². The third-order valence-corrected chi connectivity index (χ3v) is 4.48. The first kappa shape index (κ1) is 11.4. The fraction of sp³-hybridized carbons (Fsp3) is 0.636. The number of ether oxygens (including phenoxy) is 1. The van der Waals surface area contributed by atoms with Crippen LogP contribution in [-0.2, 0) is 4.74 Å². The highest BCUT2D eigenvalue weighted by atomic mass is 35.5. The molecule has 1 saturated heterocycles. The first-order chi connectivity index (χ1) is 7.18. The Kier molecular flexibility index (Phi) is 3.67. The zero-order valence-electron chi connectivity index (χ0n) is 8.83. The van der Waals surface area contributed by atoms with Crippen molar-refractivity contribution in [2.24, 2.45) is 5.73 Å². The summed E-state index contributed by atoms with van der Waals surface area (Å²) in [6.45, 7) is 2.85. The van der Waals surface area contributed by atoms with E-state index in [1.54, 1.807) is 11.3 Å². The molecule has 2 heterocycles. The molecule has 4 heteroatoms. The number of halogens is 1. The molecule has 2 rings (SSSR count).